The smallest absolute Gasteiger partial charge is 0.322 e. The molecule has 1 atom stereocenters. The third-order valence-corrected chi connectivity index (χ3v) is 4.50. The van der Waals surface area contributed by atoms with Crippen LogP contribution in [0.25, 0.3) is 0 Å². The van der Waals surface area contributed by atoms with Gasteiger partial charge in [0, 0.05) is 19.3 Å². The van der Waals surface area contributed by atoms with Crippen molar-refractivity contribution in [2.45, 2.75) is 32.2 Å². The minimum Gasteiger partial charge on any atom is -0.492 e. The predicted molar refractivity (Wildman–Crippen MR) is 95.9 cm³/mol. The highest BCUT2D eigenvalue weighted by Gasteiger charge is 2.33. The molecular weight excluding hydrogens is 342 g/mol. The van der Waals surface area contributed by atoms with Crippen LogP contribution in [0, 0.1) is 0 Å². The summed E-state index contributed by atoms with van der Waals surface area (Å²) in [6.45, 7) is 3.33. The minimum absolute atomic E-state index is 0.0601. The summed E-state index contributed by atoms with van der Waals surface area (Å²) in [5.74, 6) is 1.42. The largest absolute Gasteiger partial charge is 0.492 e. The van der Waals surface area contributed by atoms with Gasteiger partial charge in [-0.15, -0.1) is 10.2 Å². The zero-order valence-corrected chi connectivity index (χ0v) is 15.2. The number of anilines is 1. The van der Waals surface area contributed by atoms with Crippen LogP contribution in [-0.2, 0) is 7.05 Å². The maximum absolute atomic E-state index is 12.7. The molecule has 1 aromatic carbocycles. The van der Waals surface area contributed by atoms with Gasteiger partial charge in [-0.05, 0) is 37.5 Å². The van der Waals surface area contributed by atoms with Crippen molar-refractivity contribution >= 4 is 23.3 Å². The number of likely N-dealkylation sites (tertiary alicyclic amines) is 1. The molecule has 1 N–H and O–H groups in total. The lowest BCUT2D eigenvalue weighted by atomic mass is 10.2. The molecule has 2 amide bonds. The zero-order valence-electron chi connectivity index (χ0n) is 14.4. The normalized spacial score (nSPS) is 16.9. The number of benzene rings is 1. The number of hydrogen-bond donors (Lipinski definition) is 1. The Hall–Kier alpha value is -2.28. The summed E-state index contributed by atoms with van der Waals surface area (Å²) >= 11 is 6.23. The number of urea groups is 1. The second-order valence-electron chi connectivity index (χ2n) is 6.08. The van der Waals surface area contributed by atoms with Crippen molar-refractivity contribution in [2.24, 2.45) is 7.05 Å². The van der Waals surface area contributed by atoms with Crippen molar-refractivity contribution in [1.82, 2.24) is 19.7 Å². The lowest BCUT2D eigenvalue weighted by Gasteiger charge is -2.24. The fourth-order valence-electron chi connectivity index (χ4n) is 2.98. The molecule has 25 heavy (non-hydrogen) atoms. The van der Waals surface area contributed by atoms with E-state index in [0.717, 1.165) is 25.1 Å². The van der Waals surface area contributed by atoms with Crippen LogP contribution in [0.3, 0.4) is 0 Å². The number of carbonyl (C=O) groups excluding carboxylic acids is 1. The van der Waals surface area contributed by atoms with Crippen molar-refractivity contribution in [3.05, 3.63) is 35.4 Å². The Balaban J connectivity index is 1.69. The molecule has 1 aliphatic rings. The van der Waals surface area contributed by atoms with E-state index < -0.39 is 0 Å². The molecule has 1 unspecified atom stereocenters. The number of amides is 2. The molecule has 0 bridgehead atoms. The second-order valence-corrected chi connectivity index (χ2v) is 6.48. The van der Waals surface area contributed by atoms with Crippen LogP contribution in [0.15, 0.2) is 24.5 Å². The number of ether oxygens (including phenoxy) is 1. The van der Waals surface area contributed by atoms with E-state index in [1.54, 1.807) is 29.4 Å². The van der Waals surface area contributed by atoms with Crippen LogP contribution in [0.4, 0.5) is 10.5 Å². The quantitative estimate of drug-likeness (QED) is 0.880. The van der Waals surface area contributed by atoms with Crippen LogP contribution < -0.4 is 10.1 Å². The van der Waals surface area contributed by atoms with Crippen LogP contribution in [0.1, 0.15) is 38.1 Å². The maximum Gasteiger partial charge on any atom is 0.322 e. The molecule has 7 nitrogen and oxygen atoms in total. The second kappa shape index (κ2) is 7.74. The van der Waals surface area contributed by atoms with E-state index in [0.29, 0.717) is 29.6 Å². The van der Waals surface area contributed by atoms with E-state index in [1.165, 1.54) is 0 Å². The summed E-state index contributed by atoms with van der Waals surface area (Å²) in [6.07, 6.45) is 4.38. The highest BCUT2D eigenvalue weighted by Crippen LogP contribution is 2.32. The van der Waals surface area contributed by atoms with Gasteiger partial charge in [-0.1, -0.05) is 18.5 Å². The predicted octanol–water partition coefficient (Wildman–Crippen LogP) is 3.63. The van der Waals surface area contributed by atoms with E-state index in [9.17, 15) is 4.79 Å². The monoisotopic (exact) mass is 363 g/mol. The number of carbonyl (C=O) groups is 1. The molecule has 3 rings (SSSR count). The van der Waals surface area contributed by atoms with Gasteiger partial charge < -0.3 is 19.5 Å². The summed E-state index contributed by atoms with van der Waals surface area (Å²) in [4.78, 5) is 14.5. The van der Waals surface area contributed by atoms with E-state index in [-0.39, 0.29) is 12.1 Å². The number of aromatic nitrogens is 3. The Morgan fingerprint density at radius 2 is 2.32 bits per heavy atom. The molecule has 2 aromatic rings. The van der Waals surface area contributed by atoms with Crippen molar-refractivity contribution in [1.29, 1.82) is 0 Å². The lowest BCUT2D eigenvalue weighted by Crippen LogP contribution is -2.35. The van der Waals surface area contributed by atoms with Crippen molar-refractivity contribution in [2.75, 3.05) is 18.5 Å². The average molecular weight is 364 g/mol. The standard InChI is InChI=1S/C17H22ClN5O2/c1-3-9-25-15-7-6-12(10-13(15)18)20-17(24)23-8-4-5-14(23)16-21-19-11-22(16)2/h6-7,10-11,14H,3-5,8-9H2,1-2H3,(H,20,24). The molecule has 0 spiro atoms. The van der Waals surface area contributed by atoms with Crippen LogP contribution in [-0.4, -0.2) is 38.8 Å². The molecule has 1 fully saturated rings. The van der Waals surface area contributed by atoms with Gasteiger partial charge in [0.15, 0.2) is 5.82 Å². The Morgan fingerprint density at radius 1 is 1.48 bits per heavy atom. The summed E-state index contributed by atoms with van der Waals surface area (Å²) in [6, 6.07) is 5.05. The zero-order chi connectivity index (χ0) is 17.8. The van der Waals surface area contributed by atoms with E-state index in [2.05, 4.69) is 15.5 Å². The first-order valence-corrected chi connectivity index (χ1v) is 8.81. The van der Waals surface area contributed by atoms with Crippen molar-refractivity contribution < 1.29 is 9.53 Å². The molecule has 0 aliphatic carbocycles. The van der Waals surface area contributed by atoms with Gasteiger partial charge in [0.25, 0.3) is 0 Å². The Morgan fingerprint density at radius 3 is 3.00 bits per heavy atom. The topological polar surface area (TPSA) is 72.3 Å². The fourth-order valence-corrected chi connectivity index (χ4v) is 3.21. The van der Waals surface area contributed by atoms with Gasteiger partial charge in [0.1, 0.15) is 12.1 Å². The highest BCUT2D eigenvalue weighted by atomic mass is 35.5. The maximum atomic E-state index is 12.7. The molecule has 2 heterocycles. The van der Waals surface area contributed by atoms with Crippen LogP contribution >= 0.6 is 11.6 Å². The molecule has 0 radical (unpaired) electrons. The molecule has 0 saturated carbocycles. The molecular formula is C17H22ClN5O2. The number of rotatable bonds is 5. The first kappa shape index (κ1) is 17.5. The van der Waals surface area contributed by atoms with Gasteiger partial charge in [-0.3, -0.25) is 0 Å². The van der Waals surface area contributed by atoms with Gasteiger partial charge in [0.05, 0.1) is 17.7 Å². The first-order valence-electron chi connectivity index (χ1n) is 8.44. The number of aryl methyl sites for hydroxylation is 1. The van der Waals surface area contributed by atoms with Crippen LogP contribution in [0.2, 0.25) is 5.02 Å². The van der Waals surface area contributed by atoms with Crippen molar-refractivity contribution in [3.8, 4) is 5.75 Å². The molecule has 8 heteroatoms. The third-order valence-electron chi connectivity index (χ3n) is 4.20. The van der Waals surface area contributed by atoms with Crippen molar-refractivity contribution in [3.63, 3.8) is 0 Å². The van der Waals surface area contributed by atoms with Crippen LogP contribution in [0.5, 0.6) is 5.75 Å². The van der Waals surface area contributed by atoms with Gasteiger partial charge in [0.2, 0.25) is 0 Å². The van der Waals surface area contributed by atoms with Gasteiger partial charge in [-0.2, -0.15) is 0 Å². The number of hydrogen-bond acceptors (Lipinski definition) is 4. The summed E-state index contributed by atoms with van der Waals surface area (Å²) in [5, 5.41) is 11.5. The third kappa shape index (κ3) is 3.87. The SMILES string of the molecule is CCCOc1ccc(NC(=O)N2CCCC2c2nncn2C)cc1Cl. The Bertz CT molecular complexity index is 748. The minimum atomic E-state index is -0.163. The Labute approximate surface area is 151 Å². The molecule has 1 saturated heterocycles. The summed E-state index contributed by atoms with van der Waals surface area (Å²) < 4.78 is 7.41. The number of nitrogens with one attached hydrogen (secondary N) is 1. The van der Waals surface area contributed by atoms with E-state index >= 15 is 0 Å². The summed E-state index contributed by atoms with van der Waals surface area (Å²) in [5.41, 5.74) is 0.641. The van der Waals surface area contributed by atoms with Gasteiger partial charge >= 0.3 is 6.03 Å². The number of nitrogens with zero attached hydrogens (tertiary/aromatic N) is 4. The van der Waals surface area contributed by atoms with E-state index in [1.807, 2.05) is 18.5 Å². The fraction of sp³-hybridized carbons (Fsp3) is 0.471. The molecule has 134 valence electrons. The van der Waals surface area contributed by atoms with E-state index in [4.69, 9.17) is 16.3 Å². The molecule has 1 aliphatic heterocycles. The first-order chi connectivity index (χ1) is 12.1. The Kier molecular flexibility index (Phi) is 5.43. The number of halogens is 1. The average Bonchev–Trinajstić information content (AvgIpc) is 3.22. The molecule has 1 aromatic heterocycles. The van der Waals surface area contributed by atoms with Gasteiger partial charge in [-0.25, -0.2) is 4.79 Å². The summed E-state index contributed by atoms with van der Waals surface area (Å²) in [7, 11) is 1.89. The highest BCUT2D eigenvalue weighted by molar-refractivity contribution is 6.32. The lowest BCUT2D eigenvalue weighted by molar-refractivity contribution is 0.204.